The molecule has 16 heavy (non-hydrogen) atoms. The molecule has 0 aromatic rings. The fourth-order valence-corrected chi connectivity index (χ4v) is 2.98. The Balaban J connectivity index is 2.62. The SMILES string of the molecule is CCCN(CCCO)C1(CN)CCCCC1. The monoisotopic (exact) mass is 228 g/mol. The highest BCUT2D eigenvalue weighted by molar-refractivity contribution is 4.94. The summed E-state index contributed by atoms with van der Waals surface area (Å²) in [5, 5.41) is 8.98. The van der Waals surface area contributed by atoms with Crippen molar-refractivity contribution in [2.24, 2.45) is 5.73 Å². The predicted octanol–water partition coefficient (Wildman–Crippen LogP) is 1.74. The molecular formula is C13H28N2O. The van der Waals surface area contributed by atoms with Crippen molar-refractivity contribution in [3.05, 3.63) is 0 Å². The van der Waals surface area contributed by atoms with Crippen LogP contribution in [0.1, 0.15) is 51.9 Å². The van der Waals surface area contributed by atoms with Crippen molar-refractivity contribution in [3.8, 4) is 0 Å². The molecule has 0 unspecified atom stereocenters. The Kier molecular flexibility index (Phi) is 6.32. The van der Waals surface area contributed by atoms with Crippen molar-refractivity contribution < 1.29 is 5.11 Å². The first-order chi connectivity index (χ1) is 7.79. The van der Waals surface area contributed by atoms with Gasteiger partial charge in [-0.1, -0.05) is 26.2 Å². The smallest absolute Gasteiger partial charge is 0.0443 e. The molecule has 3 nitrogen and oxygen atoms in total. The Morgan fingerprint density at radius 3 is 2.38 bits per heavy atom. The van der Waals surface area contributed by atoms with Crippen molar-refractivity contribution in [3.63, 3.8) is 0 Å². The van der Waals surface area contributed by atoms with E-state index in [0.717, 1.165) is 26.1 Å². The zero-order valence-electron chi connectivity index (χ0n) is 10.7. The van der Waals surface area contributed by atoms with Crippen LogP contribution < -0.4 is 5.73 Å². The van der Waals surface area contributed by atoms with E-state index in [0.29, 0.717) is 6.61 Å². The standard InChI is InChI=1S/C13H28N2O/c1-2-9-15(10-6-11-16)13(12-14)7-4-3-5-8-13/h16H,2-12,14H2,1H3. The average molecular weight is 228 g/mol. The normalized spacial score (nSPS) is 20.2. The van der Waals surface area contributed by atoms with Crippen LogP contribution in [-0.2, 0) is 0 Å². The summed E-state index contributed by atoms with van der Waals surface area (Å²) in [5.41, 5.74) is 6.28. The molecule has 0 aliphatic heterocycles. The summed E-state index contributed by atoms with van der Waals surface area (Å²) in [7, 11) is 0. The maximum absolute atomic E-state index is 8.98. The molecule has 3 N–H and O–H groups in total. The Morgan fingerprint density at radius 2 is 1.88 bits per heavy atom. The fraction of sp³-hybridized carbons (Fsp3) is 1.00. The molecule has 1 aliphatic rings. The van der Waals surface area contributed by atoms with E-state index in [4.69, 9.17) is 10.8 Å². The Bertz CT molecular complexity index is 179. The Morgan fingerprint density at radius 1 is 1.19 bits per heavy atom. The molecule has 0 amide bonds. The van der Waals surface area contributed by atoms with Gasteiger partial charge in [-0.15, -0.1) is 0 Å². The summed E-state index contributed by atoms with van der Waals surface area (Å²) < 4.78 is 0. The minimum Gasteiger partial charge on any atom is -0.396 e. The lowest BCUT2D eigenvalue weighted by atomic mass is 9.80. The second-order valence-electron chi connectivity index (χ2n) is 5.05. The number of nitrogens with zero attached hydrogens (tertiary/aromatic N) is 1. The molecule has 0 bridgehead atoms. The average Bonchev–Trinajstić information content (AvgIpc) is 2.35. The van der Waals surface area contributed by atoms with E-state index in [9.17, 15) is 0 Å². The Hall–Kier alpha value is -0.120. The molecule has 1 rings (SSSR count). The quantitative estimate of drug-likeness (QED) is 0.698. The van der Waals surface area contributed by atoms with Crippen molar-refractivity contribution >= 4 is 0 Å². The Labute approximate surface area is 100 Å². The van der Waals surface area contributed by atoms with Crippen molar-refractivity contribution in [2.75, 3.05) is 26.2 Å². The lowest BCUT2D eigenvalue weighted by molar-refractivity contribution is 0.0511. The molecule has 0 atom stereocenters. The van der Waals surface area contributed by atoms with E-state index in [1.165, 1.54) is 38.5 Å². The second kappa shape index (κ2) is 7.25. The van der Waals surface area contributed by atoms with Gasteiger partial charge >= 0.3 is 0 Å². The third kappa shape index (κ3) is 3.44. The largest absolute Gasteiger partial charge is 0.396 e. The van der Waals surface area contributed by atoms with Crippen LogP contribution in [0.4, 0.5) is 0 Å². The van der Waals surface area contributed by atoms with Gasteiger partial charge in [-0.2, -0.15) is 0 Å². The predicted molar refractivity (Wildman–Crippen MR) is 68.4 cm³/mol. The van der Waals surface area contributed by atoms with Crippen molar-refractivity contribution in [2.45, 2.75) is 57.4 Å². The fourth-order valence-electron chi connectivity index (χ4n) is 2.98. The first-order valence-electron chi connectivity index (χ1n) is 6.85. The van der Waals surface area contributed by atoms with Gasteiger partial charge in [-0.05, 0) is 32.2 Å². The number of rotatable bonds is 7. The van der Waals surface area contributed by atoms with Gasteiger partial charge in [-0.25, -0.2) is 0 Å². The van der Waals surface area contributed by atoms with Gasteiger partial charge in [0.15, 0.2) is 0 Å². The van der Waals surface area contributed by atoms with Gasteiger partial charge in [0.2, 0.25) is 0 Å². The zero-order valence-corrected chi connectivity index (χ0v) is 10.7. The first kappa shape index (κ1) is 13.9. The zero-order chi connectivity index (χ0) is 11.9. The highest BCUT2D eigenvalue weighted by Gasteiger charge is 2.35. The summed E-state index contributed by atoms with van der Waals surface area (Å²) in [6.45, 7) is 5.41. The number of aliphatic hydroxyl groups is 1. The van der Waals surface area contributed by atoms with E-state index in [1.807, 2.05) is 0 Å². The van der Waals surface area contributed by atoms with Gasteiger partial charge < -0.3 is 10.8 Å². The van der Waals surface area contributed by atoms with Crippen LogP contribution >= 0.6 is 0 Å². The van der Waals surface area contributed by atoms with E-state index in [1.54, 1.807) is 0 Å². The molecule has 0 saturated heterocycles. The molecule has 0 spiro atoms. The lowest BCUT2D eigenvalue weighted by Crippen LogP contribution is -2.55. The number of hydrogen-bond donors (Lipinski definition) is 2. The van der Waals surface area contributed by atoms with Crippen LogP contribution in [0.3, 0.4) is 0 Å². The lowest BCUT2D eigenvalue weighted by Gasteiger charge is -2.46. The highest BCUT2D eigenvalue weighted by Crippen LogP contribution is 2.33. The first-order valence-corrected chi connectivity index (χ1v) is 6.85. The topological polar surface area (TPSA) is 49.5 Å². The van der Waals surface area contributed by atoms with E-state index in [-0.39, 0.29) is 5.54 Å². The van der Waals surface area contributed by atoms with E-state index < -0.39 is 0 Å². The van der Waals surface area contributed by atoms with Crippen LogP contribution in [0.2, 0.25) is 0 Å². The van der Waals surface area contributed by atoms with Crippen molar-refractivity contribution in [1.82, 2.24) is 4.90 Å². The van der Waals surface area contributed by atoms with Crippen LogP contribution in [0.5, 0.6) is 0 Å². The molecule has 96 valence electrons. The van der Waals surface area contributed by atoms with Gasteiger partial charge in [0.05, 0.1) is 0 Å². The van der Waals surface area contributed by atoms with Crippen LogP contribution in [0, 0.1) is 0 Å². The number of hydrogen-bond acceptors (Lipinski definition) is 3. The summed E-state index contributed by atoms with van der Waals surface area (Å²) in [6, 6.07) is 0. The molecule has 3 heteroatoms. The van der Waals surface area contributed by atoms with E-state index >= 15 is 0 Å². The summed E-state index contributed by atoms with van der Waals surface area (Å²) in [5.74, 6) is 0. The summed E-state index contributed by atoms with van der Waals surface area (Å²) >= 11 is 0. The molecule has 0 heterocycles. The molecule has 0 aromatic carbocycles. The van der Waals surface area contributed by atoms with Gasteiger partial charge in [0.25, 0.3) is 0 Å². The number of nitrogens with two attached hydrogens (primary N) is 1. The van der Waals surface area contributed by atoms with Crippen molar-refractivity contribution in [1.29, 1.82) is 0 Å². The van der Waals surface area contributed by atoms with Gasteiger partial charge in [0, 0.05) is 25.2 Å². The summed E-state index contributed by atoms with van der Waals surface area (Å²) in [6.07, 6.45) is 8.54. The highest BCUT2D eigenvalue weighted by atomic mass is 16.3. The van der Waals surface area contributed by atoms with Gasteiger partial charge in [-0.3, -0.25) is 4.90 Å². The minimum atomic E-state index is 0.240. The summed E-state index contributed by atoms with van der Waals surface area (Å²) in [4.78, 5) is 2.54. The number of aliphatic hydroxyl groups excluding tert-OH is 1. The van der Waals surface area contributed by atoms with Crippen LogP contribution in [-0.4, -0.2) is 41.8 Å². The third-order valence-electron chi connectivity index (χ3n) is 3.91. The maximum atomic E-state index is 8.98. The molecule has 0 radical (unpaired) electrons. The molecule has 0 aromatic heterocycles. The van der Waals surface area contributed by atoms with Crippen LogP contribution in [0.25, 0.3) is 0 Å². The van der Waals surface area contributed by atoms with Gasteiger partial charge in [0.1, 0.15) is 0 Å². The van der Waals surface area contributed by atoms with Crippen LogP contribution in [0.15, 0.2) is 0 Å². The maximum Gasteiger partial charge on any atom is 0.0443 e. The molecule has 1 aliphatic carbocycles. The third-order valence-corrected chi connectivity index (χ3v) is 3.91. The molecular weight excluding hydrogens is 200 g/mol. The second-order valence-corrected chi connectivity index (χ2v) is 5.05. The minimum absolute atomic E-state index is 0.240. The molecule has 1 fully saturated rings. The molecule has 1 saturated carbocycles. The van der Waals surface area contributed by atoms with E-state index in [2.05, 4.69) is 11.8 Å².